The quantitative estimate of drug-likeness (QED) is 0.501. The normalized spacial score (nSPS) is 11.8. The third-order valence-electron chi connectivity index (χ3n) is 3.49. The number of nitrogens with one attached hydrogen (secondary N) is 2. The third kappa shape index (κ3) is 4.64. The highest BCUT2D eigenvalue weighted by molar-refractivity contribution is 14.1. The van der Waals surface area contributed by atoms with Crippen molar-refractivity contribution in [3.63, 3.8) is 0 Å². The Kier molecular flexibility index (Phi) is 5.77. The van der Waals surface area contributed by atoms with Crippen LogP contribution in [0.3, 0.4) is 0 Å². The zero-order valence-corrected chi connectivity index (χ0v) is 15.8. The van der Waals surface area contributed by atoms with Gasteiger partial charge in [0.15, 0.2) is 0 Å². The van der Waals surface area contributed by atoms with Crippen molar-refractivity contribution in [1.29, 1.82) is 0 Å². The predicted molar refractivity (Wildman–Crippen MR) is 108 cm³/mol. The summed E-state index contributed by atoms with van der Waals surface area (Å²) in [7, 11) is 0. The summed E-state index contributed by atoms with van der Waals surface area (Å²) in [5, 5.41) is 15.7. The van der Waals surface area contributed by atoms with Crippen molar-refractivity contribution in [2.75, 3.05) is 17.2 Å². The monoisotopic (exact) mass is 447 g/mol. The van der Waals surface area contributed by atoms with E-state index in [-0.39, 0.29) is 12.6 Å². The second-order valence-corrected chi connectivity index (χ2v) is 6.69. The largest absolute Gasteiger partial charge is 0.394 e. The van der Waals surface area contributed by atoms with Crippen molar-refractivity contribution in [3.8, 4) is 11.3 Å². The van der Waals surface area contributed by atoms with Gasteiger partial charge in [0.2, 0.25) is 5.95 Å². The van der Waals surface area contributed by atoms with E-state index in [0.29, 0.717) is 11.8 Å². The first kappa shape index (κ1) is 17.6. The van der Waals surface area contributed by atoms with Gasteiger partial charge in [0, 0.05) is 33.6 Å². The van der Waals surface area contributed by atoms with Gasteiger partial charge >= 0.3 is 0 Å². The molecule has 1 atom stereocenters. The standard InChI is InChI=1S/C18H18IN5O/c1-12(11-25)21-18-23-16(13-6-8-20-9-7-13)10-17(24-18)22-15-5-3-2-4-14(15)19/h2-10,12,25H,11H2,1H3,(H2,21,22,23,24)/t12-/m0/s1. The number of hydrogen-bond acceptors (Lipinski definition) is 6. The van der Waals surface area contributed by atoms with Gasteiger partial charge in [-0.1, -0.05) is 12.1 Å². The minimum Gasteiger partial charge on any atom is -0.394 e. The molecule has 0 fully saturated rings. The van der Waals surface area contributed by atoms with Crippen LogP contribution in [0.4, 0.5) is 17.5 Å². The minimum absolute atomic E-state index is 0.00217. The molecule has 0 unspecified atom stereocenters. The van der Waals surface area contributed by atoms with Gasteiger partial charge < -0.3 is 15.7 Å². The fourth-order valence-electron chi connectivity index (χ4n) is 2.21. The number of halogens is 1. The smallest absolute Gasteiger partial charge is 0.225 e. The van der Waals surface area contributed by atoms with Crippen molar-refractivity contribution in [1.82, 2.24) is 15.0 Å². The van der Waals surface area contributed by atoms with Crippen molar-refractivity contribution in [2.45, 2.75) is 13.0 Å². The molecule has 0 aliphatic heterocycles. The molecule has 6 nitrogen and oxygen atoms in total. The summed E-state index contributed by atoms with van der Waals surface area (Å²) in [6.07, 6.45) is 3.46. The summed E-state index contributed by atoms with van der Waals surface area (Å²) in [5.74, 6) is 1.14. The maximum absolute atomic E-state index is 9.28. The first-order chi connectivity index (χ1) is 12.2. The van der Waals surface area contributed by atoms with E-state index in [1.54, 1.807) is 12.4 Å². The van der Waals surface area contributed by atoms with Gasteiger partial charge in [0.05, 0.1) is 18.0 Å². The molecule has 0 saturated heterocycles. The Labute approximate surface area is 159 Å². The molecule has 128 valence electrons. The van der Waals surface area contributed by atoms with Crippen LogP contribution < -0.4 is 10.6 Å². The van der Waals surface area contributed by atoms with Crippen LogP contribution in [0.15, 0.2) is 54.9 Å². The highest BCUT2D eigenvalue weighted by Gasteiger charge is 2.10. The molecule has 7 heteroatoms. The Morgan fingerprint density at radius 3 is 2.60 bits per heavy atom. The molecular formula is C18H18IN5O. The molecular weight excluding hydrogens is 429 g/mol. The maximum atomic E-state index is 9.28. The SMILES string of the molecule is C[C@@H](CO)Nc1nc(Nc2ccccc2I)cc(-c2ccncc2)n1. The zero-order valence-electron chi connectivity index (χ0n) is 13.6. The summed E-state index contributed by atoms with van der Waals surface area (Å²) in [6.45, 7) is 1.87. The number of anilines is 3. The fourth-order valence-corrected chi connectivity index (χ4v) is 2.74. The summed E-state index contributed by atoms with van der Waals surface area (Å²) >= 11 is 2.28. The van der Waals surface area contributed by atoms with Gasteiger partial charge in [-0.15, -0.1) is 0 Å². The van der Waals surface area contributed by atoms with Crippen LogP contribution in [0, 0.1) is 3.57 Å². The third-order valence-corrected chi connectivity index (χ3v) is 4.43. The lowest BCUT2D eigenvalue weighted by molar-refractivity contribution is 0.281. The molecule has 0 aliphatic carbocycles. The van der Waals surface area contributed by atoms with Gasteiger partial charge in [-0.2, -0.15) is 4.98 Å². The van der Waals surface area contributed by atoms with Gasteiger partial charge in [0.25, 0.3) is 0 Å². The van der Waals surface area contributed by atoms with Crippen LogP contribution in [0.25, 0.3) is 11.3 Å². The Balaban J connectivity index is 1.99. The van der Waals surface area contributed by atoms with Gasteiger partial charge in [0.1, 0.15) is 5.82 Å². The number of nitrogens with zero attached hydrogens (tertiary/aromatic N) is 3. The van der Waals surface area contributed by atoms with E-state index in [2.05, 4.69) is 48.2 Å². The number of aromatic nitrogens is 3. The molecule has 0 bridgehead atoms. The number of rotatable bonds is 6. The van der Waals surface area contributed by atoms with E-state index in [4.69, 9.17) is 0 Å². The molecule has 3 N–H and O–H groups in total. The summed E-state index contributed by atoms with van der Waals surface area (Å²) in [5.41, 5.74) is 2.70. The molecule has 2 aromatic heterocycles. The average Bonchev–Trinajstić information content (AvgIpc) is 2.64. The van der Waals surface area contributed by atoms with E-state index >= 15 is 0 Å². The highest BCUT2D eigenvalue weighted by atomic mass is 127. The average molecular weight is 447 g/mol. The molecule has 25 heavy (non-hydrogen) atoms. The molecule has 0 aliphatic rings. The van der Waals surface area contributed by atoms with Gasteiger partial charge in [-0.3, -0.25) is 4.98 Å². The number of pyridine rings is 1. The van der Waals surface area contributed by atoms with Crippen LogP contribution in [-0.2, 0) is 0 Å². The number of aliphatic hydroxyl groups excluding tert-OH is 1. The van der Waals surface area contributed by atoms with Crippen LogP contribution in [0.1, 0.15) is 6.92 Å². The van der Waals surface area contributed by atoms with E-state index in [1.165, 1.54) is 0 Å². The van der Waals surface area contributed by atoms with Crippen molar-refractivity contribution in [2.24, 2.45) is 0 Å². The van der Waals surface area contributed by atoms with Gasteiger partial charge in [-0.05, 0) is 53.8 Å². The van der Waals surface area contributed by atoms with E-state index in [9.17, 15) is 5.11 Å². The van der Waals surface area contributed by atoms with Crippen LogP contribution >= 0.6 is 22.6 Å². The number of hydrogen-bond donors (Lipinski definition) is 3. The van der Waals surface area contributed by atoms with Crippen LogP contribution in [-0.4, -0.2) is 32.7 Å². The zero-order chi connectivity index (χ0) is 17.6. The summed E-state index contributed by atoms with van der Waals surface area (Å²) < 4.78 is 1.10. The maximum Gasteiger partial charge on any atom is 0.225 e. The van der Waals surface area contributed by atoms with E-state index in [1.807, 2.05) is 49.4 Å². The number of benzene rings is 1. The van der Waals surface area contributed by atoms with Gasteiger partial charge in [-0.25, -0.2) is 4.98 Å². The molecule has 0 saturated carbocycles. The Morgan fingerprint density at radius 2 is 1.88 bits per heavy atom. The second-order valence-electron chi connectivity index (χ2n) is 5.53. The summed E-state index contributed by atoms with van der Waals surface area (Å²) in [4.78, 5) is 13.1. The predicted octanol–water partition coefficient (Wildman–Crippen LogP) is 3.68. The van der Waals surface area contributed by atoms with Crippen LogP contribution in [0.5, 0.6) is 0 Å². The molecule has 3 aromatic rings. The summed E-state index contributed by atoms with van der Waals surface area (Å²) in [6, 6.07) is 13.5. The highest BCUT2D eigenvalue weighted by Crippen LogP contribution is 2.25. The molecule has 0 amide bonds. The van der Waals surface area contributed by atoms with Crippen molar-refractivity contribution < 1.29 is 5.11 Å². The first-order valence-corrected chi connectivity index (χ1v) is 8.92. The second kappa shape index (κ2) is 8.21. The molecule has 0 radical (unpaired) electrons. The van der Waals surface area contributed by atoms with E-state index in [0.717, 1.165) is 20.5 Å². The molecule has 1 aromatic carbocycles. The number of para-hydroxylation sites is 1. The molecule has 3 rings (SSSR count). The topological polar surface area (TPSA) is 83.0 Å². The Hall–Kier alpha value is -2.26. The first-order valence-electron chi connectivity index (χ1n) is 7.84. The number of aliphatic hydroxyl groups is 1. The lowest BCUT2D eigenvalue weighted by atomic mass is 10.2. The fraction of sp³-hybridized carbons (Fsp3) is 0.167. The molecule has 2 heterocycles. The van der Waals surface area contributed by atoms with Crippen molar-refractivity contribution in [3.05, 3.63) is 58.4 Å². The lowest BCUT2D eigenvalue weighted by Crippen LogP contribution is -2.21. The Morgan fingerprint density at radius 1 is 1.12 bits per heavy atom. The van der Waals surface area contributed by atoms with Crippen LogP contribution in [0.2, 0.25) is 0 Å². The Bertz CT molecular complexity index is 844. The van der Waals surface area contributed by atoms with E-state index < -0.39 is 0 Å². The van der Waals surface area contributed by atoms with Crippen molar-refractivity contribution >= 4 is 40.0 Å². The lowest BCUT2D eigenvalue weighted by Gasteiger charge is -2.14. The minimum atomic E-state index is -0.141. The molecule has 0 spiro atoms.